The second-order valence-corrected chi connectivity index (χ2v) is 2.54. The van der Waals surface area contributed by atoms with Crippen LogP contribution in [0.4, 0.5) is 0 Å². The lowest BCUT2D eigenvalue weighted by Gasteiger charge is -2.02. The summed E-state index contributed by atoms with van der Waals surface area (Å²) in [5, 5.41) is 0.959. The number of hydrogen-bond acceptors (Lipinski definition) is 1. The lowest BCUT2D eigenvalue weighted by molar-refractivity contribution is 0.456. The molecule has 0 aliphatic carbocycles. The van der Waals surface area contributed by atoms with E-state index in [1.807, 2.05) is 0 Å². The minimum Gasteiger partial charge on any atom is -0.306 e. The molecule has 0 aliphatic heterocycles. The third kappa shape index (κ3) is 6.18. The van der Waals surface area contributed by atoms with Crippen LogP contribution in [0.25, 0.3) is 0 Å². The number of rotatable bonds is 3. The van der Waals surface area contributed by atoms with Crippen molar-refractivity contribution < 1.29 is 0 Å². The van der Waals surface area contributed by atoms with E-state index in [2.05, 4.69) is 47.1 Å². The molecule has 0 atom stereocenters. The maximum atomic E-state index is 3.29. The van der Waals surface area contributed by atoms with Gasteiger partial charge < -0.3 is 4.90 Å². The third-order valence-corrected chi connectivity index (χ3v) is 1.10. The Morgan fingerprint density at radius 3 is 2.38 bits per heavy atom. The molecule has 2 heteroatoms. The quantitative estimate of drug-likeness (QED) is 0.467. The van der Waals surface area contributed by atoms with Gasteiger partial charge in [0.2, 0.25) is 0 Å². The minimum absolute atomic E-state index is 0.959. The third-order valence-electron chi connectivity index (χ3n) is 0.726. The molecular formula is C6H12BrN. The Bertz CT molecular complexity index is 68.9. The zero-order valence-electron chi connectivity index (χ0n) is 5.39. The summed E-state index contributed by atoms with van der Waals surface area (Å²) in [6, 6.07) is 0. The van der Waals surface area contributed by atoms with Gasteiger partial charge in [-0.1, -0.05) is 28.1 Å². The van der Waals surface area contributed by atoms with Crippen molar-refractivity contribution in [3.8, 4) is 0 Å². The normalized spacial score (nSPS) is 11.5. The number of hydrogen-bond donors (Lipinski definition) is 0. The highest BCUT2D eigenvalue weighted by Gasteiger charge is 1.78. The van der Waals surface area contributed by atoms with E-state index in [9.17, 15) is 0 Å². The van der Waals surface area contributed by atoms with Crippen molar-refractivity contribution in [1.29, 1.82) is 0 Å². The highest BCUT2D eigenvalue weighted by Crippen LogP contribution is 1.82. The monoisotopic (exact) mass is 177 g/mol. The Morgan fingerprint density at radius 2 is 2.00 bits per heavy atom. The number of alkyl halides is 1. The molecular weight excluding hydrogens is 166 g/mol. The van der Waals surface area contributed by atoms with Crippen molar-refractivity contribution in [1.82, 2.24) is 4.90 Å². The number of likely N-dealkylation sites (N-methyl/N-ethyl adjacent to an activating group) is 1. The first-order valence-corrected chi connectivity index (χ1v) is 3.75. The zero-order valence-corrected chi connectivity index (χ0v) is 6.98. The summed E-state index contributed by atoms with van der Waals surface area (Å²) < 4.78 is 0. The average molecular weight is 178 g/mol. The van der Waals surface area contributed by atoms with Crippen LogP contribution < -0.4 is 0 Å². The first kappa shape index (κ1) is 8.18. The molecule has 1 nitrogen and oxygen atoms in total. The molecule has 0 heterocycles. The molecule has 0 aromatic carbocycles. The fourth-order valence-electron chi connectivity index (χ4n) is 0.348. The lowest BCUT2D eigenvalue weighted by atomic mass is 10.5. The van der Waals surface area contributed by atoms with E-state index in [0.29, 0.717) is 0 Å². The summed E-state index contributed by atoms with van der Waals surface area (Å²) in [6.45, 7) is 1.03. The van der Waals surface area contributed by atoms with Crippen LogP contribution in [0.5, 0.6) is 0 Å². The predicted molar refractivity (Wildman–Crippen MR) is 41.5 cm³/mol. The van der Waals surface area contributed by atoms with Gasteiger partial charge in [0.25, 0.3) is 0 Å². The van der Waals surface area contributed by atoms with E-state index >= 15 is 0 Å². The van der Waals surface area contributed by atoms with Crippen LogP contribution in [-0.2, 0) is 0 Å². The first-order valence-electron chi connectivity index (χ1n) is 2.63. The van der Waals surface area contributed by atoms with E-state index in [0.717, 1.165) is 11.9 Å². The van der Waals surface area contributed by atoms with Crippen molar-refractivity contribution >= 4 is 15.9 Å². The predicted octanol–water partition coefficient (Wildman–Crippen LogP) is 1.50. The van der Waals surface area contributed by atoms with Gasteiger partial charge >= 0.3 is 0 Å². The van der Waals surface area contributed by atoms with Crippen molar-refractivity contribution in [2.75, 3.05) is 26.0 Å². The molecule has 0 radical (unpaired) electrons. The molecule has 8 heavy (non-hydrogen) atoms. The van der Waals surface area contributed by atoms with Crippen LogP contribution in [0, 0.1) is 0 Å². The summed E-state index contributed by atoms with van der Waals surface area (Å²) in [5.74, 6) is 0. The fourth-order valence-corrected chi connectivity index (χ4v) is 0.613. The molecule has 0 bridgehead atoms. The van der Waals surface area contributed by atoms with Gasteiger partial charge in [0.15, 0.2) is 0 Å². The SMILES string of the molecule is CN(C)C/C=C/CBr. The number of allylic oxidation sites excluding steroid dienone is 1. The van der Waals surface area contributed by atoms with Crippen LogP contribution in [0.15, 0.2) is 12.2 Å². The maximum absolute atomic E-state index is 3.29. The second-order valence-electron chi connectivity index (χ2n) is 1.89. The standard InChI is InChI=1S/C6H12BrN/c1-8(2)6-4-3-5-7/h3-4H,5-6H2,1-2H3/b4-3+. The van der Waals surface area contributed by atoms with Crippen LogP contribution in [-0.4, -0.2) is 30.9 Å². The number of nitrogens with zero attached hydrogens (tertiary/aromatic N) is 1. The van der Waals surface area contributed by atoms with E-state index < -0.39 is 0 Å². The zero-order chi connectivity index (χ0) is 6.41. The summed E-state index contributed by atoms with van der Waals surface area (Å²) in [5.41, 5.74) is 0. The van der Waals surface area contributed by atoms with Crippen LogP contribution in [0.3, 0.4) is 0 Å². The molecule has 0 N–H and O–H groups in total. The Labute approximate surface area is 59.5 Å². The Morgan fingerprint density at radius 1 is 1.38 bits per heavy atom. The van der Waals surface area contributed by atoms with Crippen LogP contribution in [0.1, 0.15) is 0 Å². The molecule has 0 aliphatic rings. The summed E-state index contributed by atoms with van der Waals surface area (Å²) >= 11 is 3.29. The Hall–Kier alpha value is 0.180. The molecule has 0 aromatic rings. The fraction of sp³-hybridized carbons (Fsp3) is 0.667. The van der Waals surface area contributed by atoms with E-state index in [1.54, 1.807) is 0 Å². The van der Waals surface area contributed by atoms with Crippen LogP contribution >= 0.6 is 15.9 Å². The molecule has 0 saturated carbocycles. The summed E-state index contributed by atoms with van der Waals surface area (Å²) in [6.07, 6.45) is 4.23. The van der Waals surface area contributed by atoms with Crippen molar-refractivity contribution in [2.45, 2.75) is 0 Å². The maximum Gasteiger partial charge on any atom is 0.0212 e. The largest absolute Gasteiger partial charge is 0.306 e. The lowest BCUT2D eigenvalue weighted by Crippen LogP contribution is -2.10. The van der Waals surface area contributed by atoms with Gasteiger partial charge in [-0.25, -0.2) is 0 Å². The van der Waals surface area contributed by atoms with Crippen molar-refractivity contribution in [3.63, 3.8) is 0 Å². The van der Waals surface area contributed by atoms with Gasteiger partial charge in [-0.2, -0.15) is 0 Å². The van der Waals surface area contributed by atoms with Gasteiger partial charge in [-0.15, -0.1) is 0 Å². The van der Waals surface area contributed by atoms with Gasteiger partial charge in [0.05, 0.1) is 0 Å². The molecule has 0 aromatic heterocycles. The summed E-state index contributed by atoms with van der Waals surface area (Å²) in [4.78, 5) is 2.12. The van der Waals surface area contributed by atoms with Crippen molar-refractivity contribution in [3.05, 3.63) is 12.2 Å². The van der Waals surface area contributed by atoms with E-state index in [1.165, 1.54) is 0 Å². The van der Waals surface area contributed by atoms with Gasteiger partial charge in [0.1, 0.15) is 0 Å². The molecule has 0 spiro atoms. The average Bonchev–Trinajstić information content (AvgIpc) is 1.66. The Kier molecular flexibility index (Phi) is 5.44. The van der Waals surface area contributed by atoms with Crippen LogP contribution in [0.2, 0.25) is 0 Å². The molecule has 0 saturated heterocycles. The second kappa shape index (κ2) is 5.32. The topological polar surface area (TPSA) is 3.24 Å². The highest BCUT2D eigenvalue weighted by atomic mass is 79.9. The smallest absolute Gasteiger partial charge is 0.0212 e. The molecule has 0 amide bonds. The van der Waals surface area contributed by atoms with Gasteiger partial charge in [-0.05, 0) is 14.1 Å². The highest BCUT2D eigenvalue weighted by molar-refractivity contribution is 9.09. The molecule has 0 rings (SSSR count). The molecule has 48 valence electrons. The minimum atomic E-state index is 0.959. The van der Waals surface area contributed by atoms with Crippen molar-refractivity contribution in [2.24, 2.45) is 0 Å². The Balaban J connectivity index is 3.03. The molecule has 0 unspecified atom stereocenters. The number of halogens is 1. The summed E-state index contributed by atoms with van der Waals surface area (Å²) in [7, 11) is 4.11. The van der Waals surface area contributed by atoms with E-state index in [-0.39, 0.29) is 0 Å². The first-order chi connectivity index (χ1) is 3.77. The van der Waals surface area contributed by atoms with E-state index in [4.69, 9.17) is 0 Å². The molecule has 0 fully saturated rings. The van der Waals surface area contributed by atoms with Gasteiger partial charge in [0, 0.05) is 11.9 Å². The van der Waals surface area contributed by atoms with Gasteiger partial charge in [-0.3, -0.25) is 0 Å².